The van der Waals surface area contributed by atoms with Crippen molar-refractivity contribution in [2.75, 3.05) is 33.5 Å². The van der Waals surface area contributed by atoms with Crippen molar-refractivity contribution in [2.45, 2.75) is 32.4 Å². The fraction of sp³-hybridized carbons (Fsp3) is 0.833. The molecule has 0 fully saturated rings. The minimum Gasteiger partial charge on any atom is -0.382 e. The number of aryl methyl sites for hydroxylation is 1. The van der Waals surface area contributed by atoms with Gasteiger partial charge in [-0.1, -0.05) is 5.21 Å². The molecule has 1 aliphatic heterocycles. The summed E-state index contributed by atoms with van der Waals surface area (Å²) in [5.74, 6) is 0. The molecular formula is C12H22N4O2. The molecule has 1 aliphatic rings. The van der Waals surface area contributed by atoms with E-state index in [4.69, 9.17) is 9.47 Å². The average molecular weight is 254 g/mol. The van der Waals surface area contributed by atoms with Gasteiger partial charge >= 0.3 is 0 Å². The summed E-state index contributed by atoms with van der Waals surface area (Å²) in [6.45, 7) is 4.97. The normalized spacial score (nSPS) is 14.7. The van der Waals surface area contributed by atoms with Gasteiger partial charge in [0, 0.05) is 39.8 Å². The van der Waals surface area contributed by atoms with Crippen LogP contribution in [-0.4, -0.2) is 48.5 Å². The van der Waals surface area contributed by atoms with Crippen LogP contribution in [0.2, 0.25) is 0 Å². The predicted octanol–water partition coefficient (Wildman–Crippen LogP) is 0.367. The van der Waals surface area contributed by atoms with Crippen LogP contribution in [0.4, 0.5) is 0 Å². The first-order valence-corrected chi connectivity index (χ1v) is 6.60. The standard InChI is InChI=1S/C12H22N4O2/c1-17-8-9-18-7-3-2-6-16-12-4-5-13-10-11(12)14-15-16/h13H,2-10H2,1H3. The van der Waals surface area contributed by atoms with Crippen LogP contribution in [0.1, 0.15) is 24.2 Å². The van der Waals surface area contributed by atoms with Crippen molar-refractivity contribution < 1.29 is 9.47 Å². The minimum atomic E-state index is 0.670. The van der Waals surface area contributed by atoms with E-state index in [9.17, 15) is 0 Å². The Kier molecular flexibility index (Phi) is 5.57. The molecule has 0 saturated carbocycles. The number of nitrogens with one attached hydrogen (secondary N) is 1. The number of nitrogens with zero attached hydrogens (tertiary/aromatic N) is 3. The van der Waals surface area contributed by atoms with Crippen molar-refractivity contribution in [3.63, 3.8) is 0 Å². The Morgan fingerprint density at radius 3 is 3.11 bits per heavy atom. The highest BCUT2D eigenvalue weighted by Gasteiger charge is 2.15. The zero-order valence-electron chi connectivity index (χ0n) is 11.0. The summed E-state index contributed by atoms with van der Waals surface area (Å²) in [5.41, 5.74) is 2.41. The number of ether oxygens (including phenoxy) is 2. The van der Waals surface area contributed by atoms with E-state index in [-0.39, 0.29) is 0 Å². The summed E-state index contributed by atoms with van der Waals surface area (Å²) < 4.78 is 12.4. The van der Waals surface area contributed by atoms with Crippen molar-refractivity contribution >= 4 is 0 Å². The van der Waals surface area contributed by atoms with Crippen molar-refractivity contribution in [1.29, 1.82) is 0 Å². The van der Waals surface area contributed by atoms with Crippen LogP contribution in [0.5, 0.6) is 0 Å². The molecule has 18 heavy (non-hydrogen) atoms. The van der Waals surface area contributed by atoms with E-state index in [0.717, 1.165) is 51.2 Å². The van der Waals surface area contributed by atoms with E-state index >= 15 is 0 Å². The lowest BCUT2D eigenvalue weighted by Crippen LogP contribution is -2.25. The fourth-order valence-electron chi connectivity index (χ4n) is 2.08. The van der Waals surface area contributed by atoms with E-state index in [1.54, 1.807) is 7.11 Å². The largest absolute Gasteiger partial charge is 0.382 e. The third-order valence-electron chi connectivity index (χ3n) is 3.09. The Labute approximate surface area is 108 Å². The second kappa shape index (κ2) is 7.45. The topological polar surface area (TPSA) is 61.2 Å². The van der Waals surface area contributed by atoms with Gasteiger partial charge in [0.2, 0.25) is 0 Å². The van der Waals surface area contributed by atoms with E-state index in [1.165, 1.54) is 5.69 Å². The lowest BCUT2D eigenvalue weighted by atomic mass is 10.2. The van der Waals surface area contributed by atoms with E-state index < -0.39 is 0 Å². The summed E-state index contributed by atoms with van der Waals surface area (Å²) in [7, 11) is 1.69. The quantitative estimate of drug-likeness (QED) is 0.679. The molecule has 0 radical (unpaired) electrons. The molecule has 1 aromatic rings. The van der Waals surface area contributed by atoms with Crippen LogP contribution in [0, 0.1) is 0 Å². The third-order valence-corrected chi connectivity index (χ3v) is 3.09. The number of hydrogen-bond donors (Lipinski definition) is 1. The van der Waals surface area contributed by atoms with E-state index in [0.29, 0.717) is 13.2 Å². The summed E-state index contributed by atoms with van der Waals surface area (Å²) in [6, 6.07) is 0. The zero-order valence-corrected chi connectivity index (χ0v) is 11.0. The summed E-state index contributed by atoms with van der Waals surface area (Å²) in [4.78, 5) is 0. The lowest BCUT2D eigenvalue weighted by molar-refractivity contribution is 0.0683. The smallest absolute Gasteiger partial charge is 0.0997 e. The number of aromatic nitrogens is 3. The number of rotatable bonds is 8. The van der Waals surface area contributed by atoms with Crippen LogP contribution in [0.3, 0.4) is 0 Å². The lowest BCUT2D eigenvalue weighted by Gasteiger charge is -2.13. The maximum absolute atomic E-state index is 5.43. The Morgan fingerprint density at radius 2 is 2.22 bits per heavy atom. The monoisotopic (exact) mass is 254 g/mol. The molecule has 0 amide bonds. The third kappa shape index (κ3) is 3.76. The van der Waals surface area contributed by atoms with E-state index in [1.807, 2.05) is 4.68 Å². The maximum atomic E-state index is 5.43. The second-order valence-corrected chi connectivity index (χ2v) is 4.45. The van der Waals surface area contributed by atoms with Gasteiger partial charge < -0.3 is 14.8 Å². The first kappa shape index (κ1) is 13.5. The van der Waals surface area contributed by atoms with Crippen molar-refractivity contribution in [1.82, 2.24) is 20.3 Å². The zero-order chi connectivity index (χ0) is 12.6. The van der Waals surface area contributed by atoms with Crippen LogP contribution >= 0.6 is 0 Å². The summed E-state index contributed by atoms with van der Waals surface area (Å²) in [5, 5.41) is 11.7. The number of unbranched alkanes of at least 4 members (excludes halogenated alkanes) is 1. The molecule has 6 heteroatoms. The Morgan fingerprint density at radius 1 is 1.28 bits per heavy atom. The van der Waals surface area contributed by atoms with Gasteiger partial charge in [-0.2, -0.15) is 0 Å². The molecule has 102 valence electrons. The SMILES string of the molecule is COCCOCCCCn1nnc2c1CCNC2. The van der Waals surface area contributed by atoms with Crippen molar-refractivity contribution in [2.24, 2.45) is 0 Å². The van der Waals surface area contributed by atoms with Crippen LogP contribution in [0.25, 0.3) is 0 Å². The first-order chi connectivity index (χ1) is 8.92. The molecular weight excluding hydrogens is 232 g/mol. The molecule has 0 aliphatic carbocycles. The second-order valence-electron chi connectivity index (χ2n) is 4.45. The molecule has 0 bridgehead atoms. The highest BCUT2D eigenvalue weighted by Crippen LogP contribution is 2.10. The fourth-order valence-corrected chi connectivity index (χ4v) is 2.08. The van der Waals surface area contributed by atoms with Gasteiger partial charge in [-0.15, -0.1) is 5.10 Å². The van der Waals surface area contributed by atoms with Crippen LogP contribution in [0.15, 0.2) is 0 Å². The summed E-state index contributed by atoms with van der Waals surface area (Å²) in [6.07, 6.45) is 3.17. The Hall–Kier alpha value is -0.980. The van der Waals surface area contributed by atoms with Gasteiger partial charge in [-0.3, -0.25) is 0 Å². The van der Waals surface area contributed by atoms with Gasteiger partial charge in [0.1, 0.15) is 0 Å². The Bertz CT molecular complexity index is 354. The highest BCUT2D eigenvalue weighted by molar-refractivity contribution is 5.13. The molecule has 2 rings (SSSR count). The van der Waals surface area contributed by atoms with E-state index in [2.05, 4.69) is 15.6 Å². The molecule has 0 spiro atoms. The number of methoxy groups -OCH3 is 1. The molecule has 0 aromatic carbocycles. The number of fused-ring (bicyclic) bond motifs is 1. The van der Waals surface area contributed by atoms with Gasteiger partial charge in [-0.05, 0) is 12.8 Å². The first-order valence-electron chi connectivity index (χ1n) is 6.60. The minimum absolute atomic E-state index is 0.670. The molecule has 1 N–H and O–H groups in total. The van der Waals surface area contributed by atoms with Crippen molar-refractivity contribution in [3.8, 4) is 0 Å². The van der Waals surface area contributed by atoms with Gasteiger partial charge in [0.05, 0.1) is 24.6 Å². The van der Waals surface area contributed by atoms with Gasteiger partial charge in [0.25, 0.3) is 0 Å². The Balaban J connectivity index is 1.63. The molecule has 0 saturated heterocycles. The molecule has 0 atom stereocenters. The van der Waals surface area contributed by atoms with Crippen molar-refractivity contribution in [3.05, 3.63) is 11.4 Å². The molecule has 2 heterocycles. The predicted molar refractivity (Wildman–Crippen MR) is 67.4 cm³/mol. The summed E-state index contributed by atoms with van der Waals surface area (Å²) >= 11 is 0. The highest BCUT2D eigenvalue weighted by atomic mass is 16.5. The van der Waals surface area contributed by atoms with Crippen LogP contribution in [-0.2, 0) is 29.0 Å². The molecule has 1 aromatic heterocycles. The maximum Gasteiger partial charge on any atom is 0.0997 e. The molecule has 6 nitrogen and oxygen atoms in total. The van der Waals surface area contributed by atoms with Crippen LogP contribution < -0.4 is 5.32 Å². The van der Waals surface area contributed by atoms with Gasteiger partial charge in [-0.25, -0.2) is 4.68 Å². The average Bonchev–Trinajstić information content (AvgIpc) is 2.81. The number of hydrogen-bond acceptors (Lipinski definition) is 5. The van der Waals surface area contributed by atoms with Gasteiger partial charge in [0.15, 0.2) is 0 Å². The molecule has 0 unspecified atom stereocenters.